The van der Waals surface area contributed by atoms with E-state index in [1.807, 2.05) is 0 Å². The van der Waals surface area contributed by atoms with Gasteiger partial charge in [0.1, 0.15) is 0 Å². The predicted octanol–water partition coefficient (Wildman–Crippen LogP) is 5.39. The molecule has 0 heterocycles. The first kappa shape index (κ1) is 18.0. The normalized spacial score (nSPS) is 25.4. The Labute approximate surface area is 142 Å². The molecule has 0 bridgehead atoms. The predicted molar refractivity (Wildman–Crippen MR) is 98.1 cm³/mol. The first-order valence-electron chi connectivity index (χ1n) is 9.21. The third kappa shape index (κ3) is 3.96. The average Bonchev–Trinajstić information content (AvgIpc) is 2.58. The van der Waals surface area contributed by atoms with Gasteiger partial charge in [0.05, 0.1) is 11.6 Å². The van der Waals surface area contributed by atoms with Crippen LogP contribution in [-0.2, 0) is 0 Å². The average molecular weight is 313 g/mol. The van der Waals surface area contributed by atoms with Gasteiger partial charge in [-0.3, -0.25) is 4.90 Å². The van der Waals surface area contributed by atoms with Crippen molar-refractivity contribution in [2.24, 2.45) is 5.92 Å². The van der Waals surface area contributed by atoms with Gasteiger partial charge in [-0.2, -0.15) is 5.26 Å². The molecule has 1 atom stereocenters. The van der Waals surface area contributed by atoms with Crippen molar-refractivity contribution < 1.29 is 0 Å². The highest BCUT2D eigenvalue weighted by Crippen LogP contribution is 2.36. The summed E-state index contributed by atoms with van der Waals surface area (Å²) < 4.78 is 0. The number of hydrogen-bond donors (Lipinski definition) is 0. The van der Waals surface area contributed by atoms with Gasteiger partial charge in [0.15, 0.2) is 0 Å². The lowest BCUT2D eigenvalue weighted by Crippen LogP contribution is -2.36. The highest BCUT2D eigenvalue weighted by molar-refractivity contribution is 5.55. The molecule has 0 aromatic rings. The van der Waals surface area contributed by atoms with Gasteiger partial charge >= 0.3 is 0 Å². The van der Waals surface area contributed by atoms with Crippen LogP contribution in [-0.4, -0.2) is 24.5 Å². The van der Waals surface area contributed by atoms with Gasteiger partial charge in [-0.15, -0.1) is 0 Å². The standard InChI is InChI=1S/C21H32N2/c1-6-15(2)20-12-18(13-22)16(3)21(17(20)4)14-23(5)19-10-8-7-9-11-19/h12,17,19H,6-11,14H2,1-5H3/b20-15-. The lowest BCUT2D eigenvalue weighted by Gasteiger charge is -2.35. The van der Waals surface area contributed by atoms with Gasteiger partial charge in [-0.25, -0.2) is 0 Å². The Hall–Kier alpha value is -1.33. The van der Waals surface area contributed by atoms with Crippen molar-refractivity contribution in [3.8, 4) is 6.07 Å². The maximum absolute atomic E-state index is 9.53. The molecule has 0 aromatic heterocycles. The van der Waals surface area contributed by atoms with Crippen molar-refractivity contribution in [2.45, 2.75) is 72.3 Å². The van der Waals surface area contributed by atoms with E-state index in [2.05, 4.69) is 51.8 Å². The highest BCUT2D eigenvalue weighted by Gasteiger charge is 2.26. The molecule has 126 valence electrons. The first-order chi connectivity index (χ1) is 11.0. The quantitative estimate of drug-likeness (QED) is 0.695. The lowest BCUT2D eigenvalue weighted by molar-refractivity contribution is 0.202. The minimum absolute atomic E-state index is 0.429. The van der Waals surface area contributed by atoms with Gasteiger partial charge < -0.3 is 0 Å². The summed E-state index contributed by atoms with van der Waals surface area (Å²) in [6.07, 6.45) is 9.97. The molecule has 1 fully saturated rings. The molecule has 0 amide bonds. The Kier molecular flexibility index (Phi) is 6.25. The van der Waals surface area contributed by atoms with E-state index in [9.17, 15) is 5.26 Å². The van der Waals surface area contributed by atoms with Crippen molar-refractivity contribution in [1.29, 1.82) is 5.26 Å². The van der Waals surface area contributed by atoms with Crippen LogP contribution in [0, 0.1) is 17.2 Å². The molecule has 0 aromatic carbocycles. The summed E-state index contributed by atoms with van der Waals surface area (Å²) >= 11 is 0. The smallest absolute Gasteiger partial charge is 0.0994 e. The van der Waals surface area contributed by atoms with Crippen molar-refractivity contribution in [2.75, 3.05) is 13.6 Å². The Morgan fingerprint density at radius 1 is 1.30 bits per heavy atom. The maximum Gasteiger partial charge on any atom is 0.0994 e. The Bertz CT molecular complexity index is 565. The molecule has 1 unspecified atom stereocenters. The second kappa shape index (κ2) is 7.97. The number of hydrogen-bond acceptors (Lipinski definition) is 2. The van der Waals surface area contributed by atoms with Crippen LogP contribution in [0.4, 0.5) is 0 Å². The number of nitrogens with zero attached hydrogens (tertiary/aromatic N) is 2. The van der Waals surface area contributed by atoms with Crippen LogP contribution in [0.25, 0.3) is 0 Å². The van der Waals surface area contributed by atoms with Crippen LogP contribution in [0.15, 0.2) is 33.9 Å². The fraction of sp³-hybridized carbons (Fsp3) is 0.667. The van der Waals surface area contributed by atoms with Crippen LogP contribution in [0.5, 0.6) is 0 Å². The largest absolute Gasteiger partial charge is 0.299 e. The Morgan fingerprint density at radius 2 is 1.96 bits per heavy atom. The Morgan fingerprint density at radius 3 is 2.52 bits per heavy atom. The third-order valence-corrected chi connectivity index (χ3v) is 5.94. The van der Waals surface area contributed by atoms with E-state index in [0.29, 0.717) is 12.0 Å². The van der Waals surface area contributed by atoms with E-state index >= 15 is 0 Å². The summed E-state index contributed by atoms with van der Waals surface area (Å²) in [5, 5.41) is 9.53. The van der Waals surface area contributed by atoms with E-state index in [1.165, 1.54) is 54.4 Å². The van der Waals surface area contributed by atoms with Crippen LogP contribution in [0.3, 0.4) is 0 Å². The zero-order valence-corrected chi connectivity index (χ0v) is 15.6. The van der Waals surface area contributed by atoms with Gasteiger partial charge in [0.25, 0.3) is 0 Å². The molecule has 2 aliphatic rings. The molecule has 0 radical (unpaired) electrons. The number of allylic oxidation sites excluding steroid dienone is 5. The summed E-state index contributed by atoms with van der Waals surface area (Å²) in [4.78, 5) is 2.54. The second-order valence-electron chi connectivity index (χ2n) is 7.34. The van der Waals surface area contributed by atoms with Crippen molar-refractivity contribution in [3.63, 3.8) is 0 Å². The van der Waals surface area contributed by atoms with Crippen LogP contribution < -0.4 is 0 Å². The molecule has 1 saturated carbocycles. The van der Waals surface area contributed by atoms with Crippen molar-refractivity contribution in [3.05, 3.63) is 33.9 Å². The van der Waals surface area contributed by atoms with Gasteiger partial charge in [-0.05, 0) is 63.0 Å². The zero-order valence-electron chi connectivity index (χ0n) is 15.6. The summed E-state index contributed by atoms with van der Waals surface area (Å²) in [6.45, 7) is 9.85. The number of nitriles is 1. The topological polar surface area (TPSA) is 27.0 Å². The van der Waals surface area contributed by atoms with E-state index in [4.69, 9.17) is 0 Å². The van der Waals surface area contributed by atoms with Gasteiger partial charge in [-0.1, -0.05) is 38.7 Å². The molecule has 2 heteroatoms. The molecule has 0 aliphatic heterocycles. The van der Waals surface area contributed by atoms with Crippen LogP contribution >= 0.6 is 0 Å². The number of rotatable bonds is 4. The summed E-state index contributed by atoms with van der Waals surface area (Å²) in [5.41, 5.74) is 6.28. The Balaban J connectivity index is 2.27. The molecule has 0 N–H and O–H groups in total. The summed E-state index contributed by atoms with van der Waals surface area (Å²) in [5.74, 6) is 0.429. The summed E-state index contributed by atoms with van der Waals surface area (Å²) in [7, 11) is 2.27. The molecule has 0 spiro atoms. The molecule has 2 aliphatic carbocycles. The zero-order chi connectivity index (χ0) is 17.0. The van der Waals surface area contributed by atoms with E-state index in [-0.39, 0.29) is 0 Å². The molecular formula is C21H32N2. The summed E-state index contributed by atoms with van der Waals surface area (Å²) in [6, 6.07) is 3.13. The fourth-order valence-corrected chi connectivity index (χ4v) is 4.06. The molecule has 0 saturated heterocycles. The maximum atomic E-state index is 9.53. The number of likely N-dealkylation sites (N-methyl/N-ethyl adjacent to an activating group) is 1. The molecule has 2 rings (SSSR count). The minimum Gasteiger partial charge on any atom is -0.299 e. The second-order valence-corrected chi connectivity index (χ2v) is 7.34. The first-order valence-corrected chi connectivity index (χ1v) is 9.21. The van der Waals surface area contributed by atoms with E-state index < -0.39 is 0 Å². The SMILES string of the molecule is CC/C(C)=C1/C=C(C#N)C(C)=C(CN(C)C2CCCCC2)C1C. The van der Waals surface area contributed by atoms with Crippen molar-refractivity contribution in [1.82, 2.24) is 4.90 Å². The van der Waals surface area contributed by atoms with Crippen LogP contribution in [0.1, 0.15) is 66.2 Å². The minimum atomic E-state index is 0.429. The molecule has 23 heavy (non-hydrogen) atoms. The third-order valence-electron chi connectivity index (χ3n) is 5.94. The molecule has 2 nitrogen and oxygen atoms in total. The lowest BCUT2D eigenvalue weighted by atomic mass is 9.78. The van der Waals surface area contributed by atoms with Crippen LogP contribution in [0.2, 0.25) is 0 Å². The van der Waals surface area contributed by atoms with Gasteiger partial charge in [0, 0.05) is 18.5 Å². The van der Waals surface area contributed by atoms with Gasteiger partial charge in [0.2, 0.25) is 0 Å². The molecular weight excluding hydrogens is 280 g/mol. The highest BCUT2D eigenvalue weighted by atomic mass is 15.1. The fourth-order valence-electron chi connectivity index (χ4n) is 4.06. The van der Waals surface area contributed by atoms with E-state index in [1.54, 1.807) is 0 Å². The monoisotopic (exact) mass is 312 g/mol. The van der Waals surface area contributed by atoms with E-state index in [0.717, 1.165) is 18.5 Å². The van der Waals surface area contributed by atoms with Crippen molar-refractivity contribution >= 4 is 0 Å².